The molecule has 8 heteroatoms. The molecule has 2 rings (SSSR count). The summed E-state index contributed by atoms with van der Waals surface area (Å²) in [4.78, 5) is 23.2. The van der Waals surface area contributed by atoms with E-state index in [-0.39, 0.29) is 12.6 Å². The summed E-state index contributed by atoms with van der Waals surface area (Å²) in [5, 5.41) is 18.7. The minimum absolute atomic E-state index is 0.100. The molecule has 2 amide bonds. The Labute approximate surface area is 122 Å². The zero-order valence-electron chi connectivity index (χ0n) is 12.0. The number of hydrogen-bond donors (Lipinski definition) is 3. The third kappa shape index (κ3) is 3.72. The quantitative estimate of drug-likeness (QED) is 0.714. The molecular formula is C13H20N4O4. The number of aryl methyl sites for hydroxylation is 1. The number of rotatable bonds is 5. The van der Waals surface area contributed by atoms with Gasteiger partial charge in [-0.1, -0.05) is 0 Å². The Morgan fingerprint density at radius 3 is 2.71 bits per heavy atom. The van der Waals surface area contributed by atoms with Gasteiger partial charge in [0, 0.05) is 33.0 Å². The fourth-order valence-corrected chi connectivity index (χ4v) is 2.29. The Bertz CT molecular complexity index is 508. The van der Waals surface area contributed by atoms with Crippen molar-refractivity contribution in [1.82, 2.24) is 20.4 Å². The summed E-state index contributed by atoms with van der Waals surface area (Å²) < 4.78 is 6.85. The van der Waals surface area contributed by atoms with E-state index in [0.29, 0.717) is 32.6 Å². The standard InChI is InChI=1S/C13H20N4O4/c1-17-10(2-5-16-17)8-14-12(20)15-9-13(11(18)19)3-6-21-7-4-13/h2,5H,3-4,6-9H2,1H3,(H,18,19)(H2,14,15,20). The Morgan fingerprint density at radius 2 is 2.14 bits per heavy atom. The minimum Gasteiger partial charge on any atom is -0.481 e. The Balaban J connectivity index is 1.82. The van der Waals surface area contributed by atoms with Crippen LogP contribution in [-0.4, -0.2) is 46.6 Å². The lowest BCUT2D eigenvalue weighted by Gasteiger charge is -2.33. The SMILES string of the molecule is Cn1nccc1CNC(=O)NCC1(C(=O)O)CCOCC1. The van der Waals surface area contributed by atoms with Crippen molar-refractivity contribution in [2.75, 3.05) is 19.8 Å². The van der Waals surface area contributed by atoms with Crippen LogP contribution in [0.3, 0.4) is 0 Å². The highest BCUT2D eigenvalue weighted by Gasteiger charge is 2.40. The number of nitrogens with zero attached hydrogens (tertiary/aromatic N) is 2. The molecule has 0 atom stereocenters. The lowest BCUT2D eigenvalue weighted by molar-refractivity contribution is -0.154. The van der Waals surface area contributed by atoms with E-state index in [9.17, 15) is 14.7 Å². The van der Waals surface area contributed by atoms with Crippen LogP contribution in [0.5, 0.6) is 0 Å². The van der Waals surface area contributed by atoms with Crippen molar-refractivity contribution < 1.29 is 19.4 Å². The smallest absolute Gasteiger partial charge is 0.315 e. The molecule has 1 aliphatic rings. The monoisotopic (exact) mass is 296 g/mol. The maximum Gasteiger partial charge on any atom is 0.315 e. The van der Waals surface area contributed by atoms with E-state index in [2.05, 4.69) is 15.7 Å². The van der Waals surface area contributed by atoms with E-state index >= 15 is 0 Å². The number of aromatic nitrogens is 2. The minimum atomic E-state index is -0.928. The zero-order chi connectivity index (χ0) is 15.3. The lowest BCUT2D eigenvalue weighted by atomic mass is 9.80. The van der Waals surface area contributed by atoms with Crippen LogP contribution in [0.1, 0.15) is 18.5 Å². The molecule has 1 fully saturated rings. The molecule has 0 saturated carbocycles. The first-order valence-corrected chi connectivity index (χ1v) is 6.83. The van der Waals surface area contributed by atoms with Gasteiger partial charge in [0.15, 0.2) is 0 Å². The van der Waals surface area contributed by atoms with Crippen molar-refractivity contribution in [3.05, 3.63) is 18.0 Å². The number of amides is 2. The Morgan fingerprint density at radius 1 is 1.43 bits per heavy atom. The summed E-state index contributed by atoms with van der Waals surface area (Å²) >= 11 is 0. The van der Waals surface area contributed by atoms with E-state index in [1.54, 1.807) is 24.0 Å². The second kappa shape index (κ2) is 6.57. The molecule has 0 spiro atoms. The van der Waals surface area contributed by atoms with Gasteiger partial charge in [-0.2, -0.15) is 5.10 Å². The highest BCUT2D eigenvalue weighted by atomic mass is 16.5. The number of carboxylic acids is 1. The van der Waals surface area contributed by atoms with Gasteiger partial charge in [0.2, 0.25) is 0 Å². The molecule has 0 radical (unpaired) electrons. The van der Waals surface area contributed by atoms with Gasteiger partial charge in [-0.3, -0.25) is 9.48 Å². The third-order valence-electron chi connectivity index (χ3n) is 3.84. The molecule has 3 N–H and O–H groups in total. The number of urea groups is 1. The summed E-state index contributed by atoms with van der Waals surface area (Å²) in [5.41, 5.74) is -0.0635. The van der Waals surface area contributed by atoms with Gasteiger partial charge in [0.25, 0.3) is 0 Å². The molecule has 1 saturated heterocycles. The molecule has 0 aromatic carbocycles. The van der Waals surface area contributed by atoms with Crippen molar-refractivity contribution in [2.45, 2.75) is 19.4 Å². The lowest BCUT2D eigenvalue weighted by Crippen LogP contribution is -2.48. The maximum absolute atomic E-state index is 11.8. The molecule has 1 aliphatic heterocycles. The highest BCUT2D eigenvalue weighted by Crippen LogP contribution is 2.29. The molecule has 116 valence electrons. The predicted molar refractivity (Wildman–Crippen MR) is 73.6 cm³/mol. The van der Waals surface area contributed by atoms with Crippen LogP contribution in [0.15, 0.2) is 12.3 Å². The average molecular weight is 296 g/mol. The summed E-state index contributed by atoms with van der Waals surface area (Å²) in [6, 6.07) is 1.42. The van der Waals surface area contributed by atoms with E-state index in [0.717, 1.165) is 5.69 Å². The third-order valence-corrected chi connectivity index (χ3v) is 3.84. The van der Waals surface area contributed by atoms with Gasteiger partial charge in [-0.15, -0.1) is 0 Å². The summed E-state index contributed by atoms with van der Waals surface area (Å²) in [6.07, 6.45) is 2.46. The van der Waals surface area contributed by atoms with Crippen LogP contribution in [0, 0.1) is 5.41 Å². The van der Waals surface area contributed by atoms with Crippen molar-refractivity contribution in [2.24, 2.45) is 12.5 Å². The van der Waals surface area contributed by atoms with Gasteiger partial charge in [-0.05, 0) is 18.9 Å². The first-order valence-electron chi connectivity index (χ1n) is 6.83. The fourth-order valence-electron chi connectivity index (χ4n) is 2.29. The van der Waals surface area contributed by atoms with Crippen LogP contribution < -0.4 is 10.6 Å². The Kier molecular flexibility index (Phi) is 4.79. The first-order chi connectivity index (χ1) is 10.0. The summed E-state index contributed by atoms with van der Waals surface area (Å²) in [6.45, 7) is 1.25. The molecule has 0 bridgehead atoms. The van der Waals surface area contributed by atoms with Crippen LogP contribution >= 0.6 is 0 Å². The van der Waals surface area contributed by atoms with Crippen LogP contribution in [-0.2, 0) is 23.1 Å². The van der Waals surface area contributed by atoms with E-state index in [1.807, 2.05) is 0 Å². The van der Waals surface area contributed by atoms with Gasteiger partial charge in [0.1, 0.15) is 0 Å². The molecule has 21 heavy (non-hydrogen) atoms. The molecule has 2 heterocycles. The number of aliphatic carboxylic acids is 1. The largest absolute Gasteiger partial charge is 0.481 e. The molecule has 0 unspecified atom stereocenters. The zero-order valence-corrected chi connectivity index (χ0v) is 12.0. The van der Waals surface area contributed by atoms with Crippen molar-refractivity contribution in [3.63, 3.8) is 0 Å². The topological polar surface area (TPSA) is 105 Å². The van der Waals surface area contributed by atoms with Gasteiger partial charge in [0.05, 0.1) is 17.7 Å². The van der Waals surface area contributed by atoms with E-state index in [4.69, 9.17) is 4.74 Å². The second-order valence-corrected chi connectivity index (χ2v) is 5.18. The normalized spacial score (nSPS) is 17.2. The molecule has 8 nitrogen and oxygen atoms in total. The van der Waals surface area contributed by atoms with Crippen molar-refractivity contribution in [3.8, 4) is 0 Å². The number of ether oxygens (including phenoxy) is 1. The average Bonchev–Trinajstić information content (AvgIpc) is 2.89. The van der Waals surface area contributed by atoms with Gasteiger partial charge >= 0.3 is 12.0 Å². The molecule has 1 aromatic heterocycles. The van der Waals surface area contributed by atoms with Crippen LogP contribution in [0.2, 0.25) is 0 Å². The highest BCUT2D eigenvalue weighted by molar-refractivity contribution is 5.78. The predicted octanol–water partition coefficient (Wildman–Crippen LogP) is 0.101. The fraction of sp³-hybridized carbons (Fsp3) is 0.615. The molecule has 1 aromatic rings. The van der Waals surface area contributed by atoms with Crippen molar-refractivity contribution >= 4 is 12.0 Å². The number of nitrogens with one attached hydrogen (secondary N) is 2. The number of carbonyl (C=O) groups excluding carboxylic acids is 1. The van der Waals surface area contributed by atoms with Crippen molar-refractivity contribution in [1.29, 1.82) is 0 Å². The maximum atomic E-state index is 11.8. The number of carbonyl (C=O) groups is 2. The number of hydrogen-bond acceptors (Lipinski definition) is 4. The Hall–Kier alpha value is -2.09. The summed E-state index contributed by atoms with van der Waals surface area (Å²) in [5.74, 6) is -0.891. The molecule has 0 aliphatic carbocycles. The van der Waals surface area contributed by atoms with Crippen LogP contribution in [0.25, 0.3) is 0 Å². The van der Waals surface area contributed by atoms with Crippen LogP contribution in [0.4, 0.5) is 4.79 Å². The molecular weight excluding hydrogens is 276 g/mol. The summed E-state index contributed by atoms with van der Waals surface area (Å²) in [7, 11) is 1.79. The first kappa shape index (κ1) is 15.3. The number of carboxylic acid groups (broad SMARTS) is 1. The van der Waals surface area contributed by atoms with Gasteiger partial charge < -0.3 is 20.5 Å². The van der Waals surface area contributed by atoms with E-state index < -0.39 is 11.4 Å². The van der Waals surface area contributed by atoms with Gasteiger partial charge in [-0.25, -0.2) is 4.79 Å². The van der Waals surface area contributed by atoms with E-state index in [1.165, 1.54) is 0 Å². The second-order valence-electron chi connectivity index (χ2n) is 5.18.